The van der Waals surface area contributed by atoms with Crippen molar-refractivity contribution in [3.05, 3.63) is 99.0 Å². The van der Waals surface area contributed by atoms with Crippen LogP contribution in [0.3, 0.4) is 0 Å². The zero-order chi connectivity index (χ0) is 18.4. The van der Waals surface area contributed by atoms with Gasteiger partial charge in [0.15, 0.2) is 0 Å². The van der Waals surface area contributed by atoms with Crippen molar-refractivity contribution in [1.29, 1.82) is 0 Å². The lowest BCUT2D eigenvalue weighted by atomic mass is 10.1. The smallest absolute Gasteiger partial charge is 0.124 e. The van der Waals surface area contributed by atoms with E-state index < -0.39 is 0 Å². The molecule has 0 saturated heterocycles. The highest BCUT2D eigenvalue weighted by Crippen LogP contribution is 2.27. The Kier molecular flexibility index (Phi) is 6.56. The van der Waals surface area contributed by atoms with Crippen molar-refractivity contribution in [1.82, 2.24) is 5.32 Å². The highest BCUT2D eigenvalue weighted by Gasteiger charge is 2.08. The average molecular weight is 386 g/mol. The lowest BCUT2D eigenvalue weighted by molar-refractivity contribution is 0.302. The van der Waals surface area contributed by atoms with Gasteiger partial charge < -0.3 is 10.1 Å². The van der Waals surface area contributed by atoms with E-state index in [0.29, 0.717) is 16.7 Å². The second-order valence-corrected chi connectivity index (χ2v) is 7.00. The van der Waals surface area contributed by atoms with E-state index in [9.17, 15) is 0 Å². The van der Waals surface area contributed by atoms with Crippen LogP contribution in [0.25, 0.3) is 0 Å². The van der Waals surface area contributed by atoms with Crippen LogP contribution in [0.1, 0.15) is 22.3 Å². The minimum atomic E-state index is 0.341. The number of ether oxygens (including phenoxy) is 1. The molecular weight excluding hydrogens is 365 g/mol. The maximum absolute atomic E-state index is 6.22. The summed E-state index contributed by atoms with van der Waals surface area (Å²) < 4.78 is 5.99. The molecule has 0 bridgehead atoms. The van der Waals surface area contributed by atoms with Crippen molar-refractivity contribution < 1.29 is 4.74 Å². The Morgan fingerprint density at radius 1 is 0.808 bits per heavy atom. The molecule has 134 valence electrons. The SMILES string of the molecule is Cc1ccc(CNCc2ccccc2OCc2c(Cl)cccc2Cl)cc1. The Morgan fingerprint density at radius 3 is 2.23 bits per heavy atom. The molecule has 0 spiro atoms. The van der Waals surface area contributed by atoms with Crippen LogP contribution >= 0.6 is 23.2 Å². The summed E-state index contributed by atoms with van der Waals surface area (Å²) in [5.74, 6) is 0.833. The number of halogens is 2. The fourth-order valence-corrected chi connectivity index (χ4v) is 3.16. The first-order valence-electron chi connectivity index (χ1n) is 8.53. The summed E-state index contributed by atoms with van der Waals surface area (Å²) in [5.41, 5.74) is 4.43. The second-order valence-electron chi connectivity index (χ2n) is 6.19. The number of para-hydroxylation sites is 1. The lowest BCUT2D eigenvalue weighted by Crippen LogP contribution is -2.13. The molecule has 2 nitrogen and oxygen atoms in total. The van der Waals surface area contributed by atoms with Crippen molar-refractivity contribution in [2.24, 2.45) is 0 Å². The first-order chi connectivity index (χ1) is 12.6. The van der Waals surface area contributed by atoms with Gasteiger partial charge in [0.1, 0.15) is 12.4 Å². The molecule has 26 heavy (non-hydrogen) atoms. The molecule has 0 aliphatic carbocycles. The van der Waals surface area contributed by atoms with Crippen LogP contribution in [0.4, 0.5) is 0 Å². The highest BCUT2D eigenvalue weighted by molar-refractivity contribution is 6.35. The first kappa shape index (κ1) is 18.8. The zero-order valence-corrected chi connectivity index (χ0v) is 16.1. The van der Waals surface area contributed by atoms with E-state index in [0.717, 1.165) is 30.0 Å². The van der Waals surface area contributed by atoms with E-state index >= 15 is 0 Å². The molecule has 3 aromatic rings. The molecular formula is C22H21Cl2NO. The molecule has 0 radical (unpaired) electrons. The lowest BCUT2D eigenvalue weighted by Gasteiger charge is -2.14. The number of nitrogens with one attached hydrogen (secondary N) is 1. The van der Waals surface area contributed by atoms with Gasteiger partial charge in [0.25, 0.3) is 0 Å². The summed E-state index contributed by atoms with van der Waals surface area (Å²) >= 11 is 12.4. The monoisotopic (exact) mass is 385 g/mol. The van der Waals surface area contributed by atoms with E-state index in [1.165, 1.54) is 11.1 Å². The molecule has 1 N–H and O–H groups in total. The van der Waals surface area contributed by atoms with Crippen LogP contribution in [0.2, 0.25) is 10.0 Å². The third kappa shape index (κ3) is 5.01. The Bertz CT molecular complexity index is 842. The third-order valence-electron chi connectivity index (χ3n) is 4.17. The first-order valence-corrected chi connectivity index (χ1v) is 9.29. The van der Waals surface area contributed by atoms with E-state index in [1.54, 1.807) is 0 Å². The van der Waals surface area contributed by atoms with Gasteiger partial charge in [0, 0.05) is 34.3 Å². The zero-order valence-electron chi connectivity index (χ0n) is 14.6. The Labute approximate surface area is 164 Å². The fourth-order valence-electron chi connectivity index (χ4n) is 2.66. The Balaban J connectivity index is 1.61. The number of hydrogen-bond acceptors (Lipinski definition) is 2. The van der Waals surface area contributed by atoms with Gasteiger partial charge in [-0.2, -0.15) is 0 Å². The predicted octanol–water partition coefficient (Wildman–Crippen LogP) is 6.17. The van der Waals surface area contributed by atoms with E-state index in [4.69, 9.17) is 27.9 Å². The largest absolute Gasteiger partial charge is 0.488 e. The van der Waals surface area contributed by atoms with Gasteiger partial charge in [0.05, 0.1) is 0 Å². The summed E-state index contributed by atoms with van der Waals surface area (Å²) in [5, 5.41) is 4.70. The van der Waals surface area contributed by atoms with Crippen LogP contribution in [-0.2, 0) is 19.7 Å². The van der Waals surface area contributed by atoms with Crippen LogP contribution in [0, 0.1) is 6.92 Å². The molecule has 0 heterocycles. The molecule has 0 aliphatic heterocycles. The summed E-state index contributed by atoms with van der Waals surface area (Å²) in [6.45, 7) is 3.97. The molecule has 0 fully saturated rings. The molecule has 0 atom stereocenters. The van der Waals surface area contributed by atoms with E-state index in [2.05, 4.69) is 42.6 Å². The quantitative estimate of drug-likeness (QED) is 0.524. The van der Waals surface area contributed by atoms with Gasteiger partial charge in [-0.05, 0) is 30.7 Å². The fraction of sp³-hybridized carbons (Fsp3) is 0.182. The molecule has 0 saturated carbocycles. The van der Waals surface area contributed by atoms with Gasteiger partial charge in [0.2, 0.25) is 0 Å². The molecule has 0 aliphatic rings. The Morgan fingerprint density at radius 2 is 1.50 bits per heavy atom. The third-order valence-corrected chi connectivity index (χ3v) is 4.88. The normalized spacial score (nSPS) is 10.7. The van der Waals surface area contributed by atoms with Crippen molar-refractivity contribution in [3.63, 3.8) is 0 Å². The average Bonchev–Trinajstić information content (AvgIpc) is 2.64. The van der Waals surface area contributed by atoms with Crippen molar-refractivity contribution >= 4 is 23.2 Å². The highest BCUT2D eigenvalue weighted by atomic mass is 35.5. The Hall–Kier alpha value is -2.00. The number of aryl methyl sites for hydroxylation is 1. The van der Waals surface area contributed by atoms with Crippen LogP contribution < -0.4 is 10.1 Å². The molecule has 0 unspecified atom stereocenters. The van der Waals surface area contributed by atoms with E-state index in [1.807, 2.05) is 36.4 Å². The van der Waals surface area contributed by atoms with Crippen LogP contribution in [0.15, 0.2) is 66.7 Å². The van der Waals surface area contributed by atoms with E-state index in [-0.39, 0.29) is 0 Å². The topological polar surface area (TPSA) is 21.3 Å². The van der Waals surface area contributed by atoms with Gasteiger partial charge in [-0.15, -0.1) is 0 Å². The van der Waals surface area contributed by atoms with Gasteiger partial charge in [-0.1, -0.05) is 77.3 Å². The predicted molar refractivity (Wildman–Crippen MR) is 109 cm³/mol. The van der Waals surface area contributed by atoms with Crippen LogP contribution in [0.5, 0.6) is 5.75 Å². The molecule has 0 amide bonds. The summed E-state index contributed by atoms with van der Waals surface area (Å²) in [7, 11) is 0. The minimum Gasteiger partial charge on any atom is -0.488 e. The summed E-state index contributed by atoms with van der Waals surface area (Å²) in [6, 6.07) is 22.0. The van der Waals surface area contributed by atoms with Crippen molar-refractivity contribution in [2.75, 3.05) is 0 Å². The van der Waals surface area contributed by atoms with Crippen molar-refractivity contribution in [3.8, 4) is 5.75 Å². The standard InChI is InChI=1S/C22H21Cl2NO/c1-16-9-11-17(12-10-16)13-25-14-18-5-2-3-8-22(18)26-15-19-20(23)6-4-7-21(19)24/h2-12,25H,13-15H2,1H3. The molecule has 4 heteroatoms. The van der Waals surface area contributed by atoms with Gasteiger partial charge in [-0.25, -0.2) is 0 Å². The maximum Gasteiger partial charge on any atom is 0.124 e. The van der Waals surface area contributed by atoms with Crippen molar-refractivity contribution in [2.45, 2.75) is 26.6 Å². The maximum atomic E-state index is 6.22. The number of benzene rings is 3. The van der Waals surface area contributed by atoms with Gasteiger partial charge >= 0.3 is 0 Å². The molecule has 0 aromatic heterocycles. The number of rotatable bonds is 7. The molecule has 3 rings (SSSR count). The summed E-state index contributed by atoms with van der Waals surface area (Å²) in [6.07, 6.45) is 0. The molecule has 3 aromatic carbocycles. The second kappa shape index (κ2) is 9.09. The van der Waals surface area contributed by atoms with Crippen LogP contribution in [-0.4, -0.2) is 0 Å². The summed E-state index contributed by atoms with van der Waals surface area (Å²) in [4.78, 5) is 0. The minimum absolute atomic E-state index is 0.341. The number of hydrogen-bond donors (Lipinski definition) is 1. The van der Waals surface area contributed by atoms with Gasteiger partial charge in [-0.3, -0.25) is 0 Å².